The zero-order valence-corrected chi connectivity index (χ0v) is 10.8. The number of benzene rings is 1. The van der Waals surface area contributed by atoms with Gasteiger partial charge in [0.15, 0.2) is 0 Å². The van der Waals surface area contributed by atoms with Gasteiger partial charge in [0.25, 0.3) is 5.91 Å². The normalized spacial score (nSPS) is 13.8. The Morgan fingerprint density at radius 2 is 2.11 bits per heavy atom. The van der Waals surface area contributed by atoms with Crippen molar-refractivity contribution in [1.82, 2.24) is 5.32 Å². The summed E-state index contributed by atoms with van der Waals surface area (Å²) in [4.78, 5) is 11.6. The van der Waals surface area contributed by atoms with E-state index in [0.717, 1.165) is 5.75 Å². The van der Waals surface area contributed by atoms with Gasteiger partial charge in [-0.1, -0.05) is 17.7 Å². The van der Waals surface area contributed by atoms with E-state index < -0.39 is 0 Å². The lowest BCUT2D eigenvalue weighted by Crippen LogP contribution is -2.31. The van der Waals surface area contributed by atoms with E-state index in [1.165, 1.54) is 11.8 Å². The lowest BCUT2D eigenvalue weighted by atomic mass is 10.2. The fraction of sp³-hybridized carbons (Fsp3) is 0.357. The molecule has 1 aromatic carbocycles. The molecule has 0 unspecified atom stereocenters. The molecule has 0 bridgehead atoms. The van der Waals surface area contributed by atoms with Gasteiger partial charge in [0.1, 0.15) is 31.8 Å². The van der Waals surface area contributed by atoms with Crippen molar-refractivity contribution >= 4 is 5.91 Å². The van der Waals surface area contributed by atoms with E-state index in [0.29, 0.717) is 26.4 Å². The molecule has 1 amide bonds. The smallest absolute Gasteiger partial charge is 0.289 e. The molecule has 1 aliphatic rings. The third-order valence-corrected chi connectivity index (χ3v) is 2.55. The molecule has 0 spiro atoms. The molecule has 2 rings (SSSR count). The van der Waals surface area contributed by atoms with Crippen molar-refractivity contribution in [2.24, 2.45) is 0 Å². The van der Waals surface area contributed by atoms with Gasteiger partial charge in [-0.05, 0) is 19.1 Å². The standard InChI is InChI=1S/C14H17NO4/c1-11-2-4-12(5-3-11)18-7-6-15-14(16)13-10-17-8-9-19-13/h2-5,10H,6-9H2,1H3,(H,15,16). The van der Waals surface area contributed by atoms with E-state index >= 15 is 0 Å². The predicted molar refractivity (Wildman–Crippen MR) is 69.7 cm³/mol. The summed E-state index contributed by atoms with van der Waals surface area (Å²) in [7, 11) is 0. The molecule has 0 aliphatic carbocycles. The van der Waals surface area contributed by atoms with Crippen molar-refractivity contribution in [3.8, 4) is 5.75 Å². The second-order valence-corrected chi connectivity index (χ2v) is 4.12. The van der Waals surface area contributed by atoms with Crippen LogP contribution in [0.2, 0.25) is 0 Å². The van der Waals surface area contributed by atoms with E-state index in [2.05, 4.69) is 5.32 Å². The Labute approximate surface area is 112 Å². The van der Waals surface area contributed by atoms with Crippen molar-refractivity contribution in [2.75, 3.05) is 26.4 Å². The Morgan fingerprint density at radius 3 is 2.79 bits per heavy atom. The molecule has 1 heterocycles. The summed E-state index contributed by atoms with van der Waals surface area (Å²) in [6.07, 6.45) is 1.33. The van der Waals surface area contributed by atoms with Gasteiger partial charge in [-0.3, -0.25) is 4.79 Å². The summed E-state index contributed by atoms with van der Waals surface area (Å²) in [6.45, 7) is 3.72. The molecule has 0 atom stereocenters. The Balaban J connectivity index is 1.67. The maximum Gasteiger partial charge on any atom is 0.289 e. The Kier molecular flexibility index (Phi) is 4.66. The van der Waals surface area contributed by atoms with Gasteiger partial charge in [0, 0.05) is 0 Å². The van der Waals surface area contributed by atoms with E-state index in [1.54, 1.807) is 0 Å². The highest BCUT2D eigenvalue weighted by molar-refractivity contribution is 5.91. The molecule has 0 fully saturated rings. The van der Waals surface area contributed by atoms with Gasteiger partial charge in [0.05, 0.1) is 6.54 Å². The summed E-state index contributed by atoms with van der Waals surface area (Å²) in [5, 5.41) is 2.70. The van der Waals surface area contributed by atoms with Crippen LogP contribution >= 0.6 is 0 Å². The third-order valence-electron chi connectivity index (χ3n) is 2.55. The molecule has 1 N–H and O–H groups in total. The number of rotatable bonds is 5. The predicted octanol–water partition coefficient (Wildman–Crippen LogP) is 1.38. The number of aryl methyl sites for hydroxylation is 1. The summed E-state index contributed by atoms with van der Waals surface area (Å²) >= 11 is 0. The average Bonchev–Trinajstić information content (AvgIpc) is 2.46. The molecular formula is C14H17NO4. The average molecular weight is 263 g/mol. The van der Waals surface area contributed by atoms with Crippen molar-refractivity contribution in [3.05, 3.63) is 41.9 Å². The first-order valence-electron chi connectivity index (χ1n) is 6.18. The van der Waals surface area contributed by atoms with E-state index in [9.17, 15) is 4.79 Å². The highest BCUT2D eigenvalue weighted by Crippen LogP contribution is 2.10. The minimum Gasteiger partial charge on any atom is -0.494 e. The summed E-state index contributed by atoms with van der Waals surface area (Å²) in [5.74, 6) is 0.713. The number of nitrogens with one attached hydrogen (secondary N) is 1. The number of carbonyl (C=O) groups is 1. The molecule has 0 radical (unpaired) electrons. The minimum atomic E-state index is -0.285. The van der Waals surface area contributed by atoms with Crippen LogP contribution in [-0.2, 0) is 14.3 Å². The number of ether oxygens (including phenoxy) is 3. The van der Waals surface area contributed by atoms with Crippen molar-refractivity contribution in [3.63, 3.8) is 0 Å². The fourth-order valence-corrected chi connectivity index (χ4v) is 1.54. The molecule has 0 aromatic heterocycles. The van der Waals surface area contributed by atoms with Crippen molar-refractivity contribution in [2.45, 2.75) is 6.92 Å². The molecule has 0 saturated heterocycles. The number of hydrogen-bond acceptors (Lipinski definition) is 4. The lowest BCUT2D eigenvalue weighted by molar-refractivity contribution is -0.122. The van der Waals surface area contributed by atoms with Crippen LogP contribution in [-0.4, -0.2) is 32.3 Å². The summed E-state index contributed by atoms with van der Waals surface area (Å²) in [6, 6.07) is 7.76. The van der Waals surface area contributed by atoms with Crippen molar-refractivity contribution < 1.29 is 19.0 Å². The second kappa shape index (κ2) is 6.68. The third kappa shape index (κ3) is 4.21. The number of hydrogen-bond donors (Lipinski definition) is 1. The first-order chi connectivity index (χ1) is 9.25. The summed E-state index contributed by atoms with van der Waals surface area (Å²) < 4.78 is 15.7. The molecule has 102 valence electrons. The Hall–Kier alpha value is -2.17. The highest BCUT2D eigenvalue weighted by Gasteiger charge is 2.13. The molecule has 0 saturated carbocycles. The van der Waals surface area contributed by atoms with Crippen molar-refractivity contribution in [1.29, 1.82) is 0 Å². The van der Waals surface area contributed by atoms with Gasteiger partial charge in [-0.15, -0.1) is 0 Å². The minimum absolute atomic E-state index is 0.210. The van der Waals surface area contributed by atoms with E-state index in [-0.39, 0.29) is 11.7 Å². The topological polar surface area (TPSA) is 56.8 Å². The van der Waals surface area contributed by atoms with E-state index in [1.807, 2.05) is 31.2 Å². The zero-order chi connectivity index (χ0) is 13.5. The first-order valence-corrected chi connectivity index (χ1v) is 6.18. The number of amides is 1. The summed E-state index contributed by atoms with van der Waals surface area (Å²) in [5.41, 5.74) is 1.18. The molecular weight excluding hydrogens is 246 g/mol. The number of carbonyl (C=O) groups excluding carboxylic acids is 1. The van der Waals surface area contributed by atoms with Crippen LogP contribution in [0.5, 0.6) is 5.75 Å². The van der Waals surface area contributed by atoms with Gasteiger partial charge >= 0.3 is 0 Å². The van der Waals surface area contributed by atoms with Crippen LogP contribution in [0.15, 0.2) is 36.3 Å². The molecule has 1 aromatic rings. The van der Waals surface area contributed by atoms with E-state index in [4.69, 9.17) is 14.2 Å². The molecule has 19 heavy (non-hydrogen) atoms. The maximum atomic E-state index is 11.6. The molecule has 1 aliphatic heterocycles. The van der Waals surface area contributed by atoms with Gasteiger partial charge < -0.3 is 19.5 Å². The van der Waals surface area contributed by atoms with Crippen LogP contribution < -0.4 is 10.1 Å². The SMILES string of the molecule is Cc1ccc(OCCNC(=O)C2=COCCO2)cc1. The largest absolute Gasteiger partial charge is 0.494 e. The maximum absolute atomic E-state index is 11.6. The first kappa shape index (κ1) is 13.3. The Bertz CT molecular complexity index is 453. The van der Waals surface area contributed by atoms with Crippen LogP contribution in [0, 0.1) is 6.92 Å². The molecule has 5 heteroatoms. The Morgan fingerprint density at radius 1 is 1.32 bits per heavy atom. The van der Waals surface area contributed by atoms with Crippen LogP contribution in [0.25, 0.3) is 0 Å². The van der Waals surface area contributed by atoms with Gasteiger partial charge in [-0.2, -0.15) is 0 Å². The second-order valence-electron chi connectivity index (χ2n) is 4.12. The quantitative estimate of drug-likeness (QED) is 0.815. The monoisotopic (exact) mass is 263 g/mol. The molecule has 5 nitrogen and oxygen atoms in total. The van der Waals surface area contributed by atoms with Gasteiger partial charge in [-0.25, -0.2) is 0 Å². The zero-order valence-electron chi connectivity index (χ0n) is 10.8. The van der Waals surface area contributed by atoms with Crippen LogP contribution in [0.3, 0.4) is 0 Å². The van der Waals surface area contributed by atoms with Gasteiger partial charge in [0.2, 0.25) is 5.76 Å². The lowest BCUT2D eigenvalue weighted by Gasteiger charge is -2.15. The highest BCUT2D eigenvalue weighted by atomic mass is 16.6. The fourth-order valence-electron chi connectivity index (χ4n) is 1.54. The van der Waals surface area contributed by atoms with Crippen LogP contribution in [0.4, 0.5) is 0 Å². The van der Waals surface area contributed by atoms with Crippen LogP contribution in [0.1, 0.15) is 5.56 Å².